The van der Waals surface area contributed by atoms with Gasteiger partial charge in [0.1, 0.15) is 5.01 Å². The number of aromatic nitrogens is 2. The van der Waals surface area contributed by atoms with Crippen molar-refractivity contribution in [3.63, 3.8) is 0 Å². The molecule has 1 amide bonds. The molecule has 0 aliphatic carbocycles. The minimum atomic E-state index is -0.168. The number of nitrogens with zero attached hydrogens (tertiary/aromatic N) is 2. The lowest BCUT2D eigenvalue weighted by Crippen LogP contribution is -2.11. The van der Waals surface area contributed by atoms with Gasteiger partial charge < -0.3 is 0 Å². The van der Waals surface area contributed by atoms with E-state index in [2.05, 4.69) is 22.4 Å². The van der Waals surface area contributed by atoms with Gasteiger partial charge in [-0.15, -0.1) is 10.2 Å². The van der Waals surface area contributed by atoms with E-state index in [-0.39, 0.29) is 5.91 Å². The van der Waals surface area contributed by atoms with Crippen molar-refractivity contribution in [2.24, 2.45) is 0 Å². The highest BCUT2D eigenvalue weighted by Crippen LogP contribution is 2.26. The summed E-state index contributed by atoms with van der Waals surface area (Å²) in [5.74, 6) is -0.168. The lowest BCUT2D eigenvalue weighted by atomic mass is 10.1. The summed E-state index contributed by atoms with van der Waals surface area (Å²) >= 11 is 1.36. The van der Waals surface area contributed by atoms with Gasteiger partial charge in [0.25, 0.3) is 5.91 Å². The third-order valence-electron chi connectivity index (χ3n) is 3.29. The van der Waals surface area contributed by atoms with Crippen LogP contribution < -0.4 is 5.32 Å². The van der Waals surface area contributed by atoms with E-state index < -0.39 is 0 Å². The summed E-state index contributed by atoms with van der Waals surface area (Å²) in [6.45, 7) is 2.08. The smallest absolute Gasteiger partial charge is 0.257 e. The third kappa shape index (κ3) is 3.20. The number of aryl methyl sites for hydroxylation is 1. The Kier molecular flexibility index (Phi) is 4.25. The van der Waals surface area contributed by atoms with Crippen LogP contribution in [0.3, 0.4) is 0 Å². The van der Waals surface area contributed by atoms with Crippen molar-refractivity contribution in [2.75, 3.05) is 5.32 Å². The predicted octanol–water partition coefficient (Wildman–Crippen LogP) is 4.02. The van der Waals surface area contributed by atoms with Crippen LogP contribution in [0.2, 0.25) is 0 Å². The number of benzene rings is 2. The van der Waals surface area contributed by atoms with E-state index in [0.717, 1.165) is 17.0 Å². The maximum atomic E-state index is 12.2. The molecule has 1 aromatic heterocycles. The minimum absolute atomic E-state index is 0.168. The van der Waals surface area contributed by atoms with Crippen molar-refractivity contribution in [3.8, 4) is 10.6 Å². The molecule has 0 bridgehead atoms. The monoisotopic (exact) mass is 309 g/mol. The van der Waals surface area contributed by atoms with Crippen molar-refractivity contribution < 1.29 is 4.79 Å². The number of amides is 1. The predicted molar refractivity (Wildman–Crippen MR) is 89.1 cm³/mol. The first kappa shape index (κ1) is 14.4. The van der Waals surface area contributed by atoms with Crippen LogP contribution in [0.4, 0.5) is 5.13 Å². The van der Waals surface area contributed by atoms with E-state index in [1.165, 1.54) is 16.9 Å². The molecule has 1 heterocycles. The second-order valence-electron chi connectivity index (χ2n) is 4.78. The number of carbonyl (C=O) groups is 1. The maximum Gasteiger partial charge on any atom is 0.257 e. The molecular weight excluding hydrogens is 294 g/mol. The van der Waals surface area contributed by atoms with Crippen LogP contribution in [0, 0.1) is 0 Å². The Labute approximate surface area is 132 Å². The Morgan fingerprint density at radius 3 is 2.45 bits per heavy atom. The molecule has 3 rings (SSSR count). The highest BCUT2D eigenvalue weighted by atomic mass is 32.1. The highest BCUT2D eigenvalue weighted by Gasteiger charge is 2.11. The normalized spacial score (nSPS) is 10.4. The molecule has 22 heavy (non-hydrogen) atoms. The van der Waals surface area contributed by atoms with Crippen molar-refractivity contribution in [1.29, 1.82) is 0 Å². The second-order valence-corrected chi connectivity index (χ2v) is 5.76. The Hall–Kier alpha value is -2.53. The Bertz CT molecular complexity index is 766. The van der Waals surface area contributed by atoms with E-state index in [1.54, 1.807) is 0 Å². The number of anilines is 1. The van der Waals surface area contributed by atoms with Crippen LogP contribution >= 0.6 is 11.3 Å². The molecular formula is C17H15N3OS. The van der Waals surface area contributed by atoms with Gasteiger partial charge >= 0.3 is 0 Å². The summed E-state index contributed by atoms with van der Waals surface area (Å²) in [6.07, 6.45) is 0.957. The molecule has 0 saturated heterocycles. The van der Waals surface area contributed by atoms with Gasteiger partial charge in [-0.2, -0.15) is 0 Å². The van der Waals surface area contributed by atoms with Gasteiger partial charge in [0.15, 0.2) is 0 Å². The fourth-order valence-corrected chi connectivity index (χ4v) is 2.78. The molecule has 0 aliphatic heterocycles. The minimum Gasteiger partial charge on any atom is -0.296 e. The van der Waals surface area contributed by atoms with E-state index >= 15 is 0 Å². The number of rotatable bonds is 4. The number of nitrogens with one attached hydrogen (secondary N) is 1. The lowest BCUT2D eigenvalue weighted by molar-refractivity contribution is 0.102. The van der Waals surface area contributed by atoms with Crippen LogP contribution in [0.5, 0.6) is 0 Å². The van der Waals surface area contributed by atoms with Gasteiger partial charge in [-0.1, -0.05) is 60.7 Å². The average molecular weight is 309 g/mol. The molecule has 1 N–H and O–H groups in total. The molecule has 5 heteroatoms. The first-order valence-electron chi connectivity index (χ1n) is 7.05. The zero-order valence-corrected chi connectivity index (χ0v) is 12.9. The van der Waals surface area contributed by atoms with Gasteiger partial charge in [0.2, 0.25) is 5.13 Å². The molecule has 0 atom stereocenters. The van der Waals surface area contributed by atoms with Crippen LogP contribution in [-0.2, 0) is 6.42 Å². The summed E-state index contributed by atoms with van der Waals surface area (Å²) in [4.78, 5) is 12.2. The average Bonchev–Trinajstić information content (AvgIpc) is 3.04. The summed E-state index contributed by atoms with van der Waals surface area (Å²) < 4.78 is 0. The molecule has 0 unspecified atom stereocenters. The van der Waals surface area contributed by atoms with Gasteiger partial charge in [-0.25, -0.2) is 0 Å². The number of hydrogen-bond acceptors (Lipinski definition) is 4. The SMILES string of the molecule is CCc1ccc(C(=O)Nc2nnc(-c3ccccc3)s2)cc1. The van der Waals surface area contributed by atoms with Gasteiger partial charge in [0, 0.05) is 11.1 Å². The largest absolute Gasteiger partial charge is 0.296 e. The van der Waals surface area contributed by atoms with Crippen LogP contribution in [-0.4, -0.2) is 16.1 Å². The summed E-state index contributed by atoms with van der Waals surface area (Å²) in [6, 6.07) is 17.4. The topological polar surface area (TPSA) is 54.9 Å². The highest BCUT2D eigenvalue weighted by molar-refractivity contribution is 7.18. The molecule has 110 valence electrons. The summed E-state index contributed by atoms with van der Waals surface area (Å²) in [5, 5.41) is 12.2. The van der Waals surface area contributed by atoms with Crippen LogP contribution in [0.1, 0.15) is 22.8 Å². The lowest BCUT2D eigenvalue weighted by Gasteiger charge is -2.02. The molecule has 0 saturated carbocycles. The summed E-state index contributed by atoms with van der Waals surface area (Å²) in [5.41, 5.74) is 2.82. The summed E-state index contributed by atoms with van der Waals surface area (Å²) in [7, 11) is 0. The molecule has 3 aromatic rings. The zero-order valence-electron chi connectivity index (χ0n) is 12.1. The third-order valence-corrected chi connectivity index (χ3v) is 4.18. The molecule has 2 aromatic carbocycles. The number of carbonyl (C=O) groups excluding carboxylic acids is 1. The zero-order chi connectivity index (χ0) is 15.4. The van der Waals surface area contributed by atoms with E-state index in [4.69, 9.17) is 0 Å². The molecule has 0 aliphatic rings. The van der Waals surface area contributed by atoms with Crippen molar-refractivity contribution in [1.82, 2.24) is 10.2 Å². The Morgan fingerprint density at radius 2 is 1.77 bits per heavy atom. The standard InChI is InChI=1S/C17H15N3OS/c1-2-12-8-10-13(11-9-12)15(21)18-17-20-19-16(22-17)14-6-4-3-5-7-14/h3-11H,2H2,1H3,(H,18,20,21). The molecule has 0 spiro atoms. The van der Waals surface area contributed by atoms with E-state index in [0.29, 0.717) is 10.7 Å². The maximum absolute atomic E-state index is 12.2. The number of hydrogen-bond donors (Lipinski definition) is 1. The first-order valence-corrected chi connectivity index (χ1v) is 7.87. The Morgan fingerprint density at radius 1 is 1.05 bits per heavy atom. The molecule has 0 radical (unpaired) electrons. The van der Waals surface area contributed by atoms with Crippen LogP contribution in [0.25, 0.3) is 10.6 Å². The van der Waals surface area contributed by atoms with E-state index in [9.17, 15) is 4.79 Å². The van der Waals surface area contributed by atoms with Gasteiger partial charge in [-0.05, 0) is 24.1 Å². The fourth-order valence-electron chi connectivity index (χ4n) is 2.03. The van der Waals surface area contributed by atoms with Crippen molar-refractivity contribution in [2.45, 2.75) is 13.3 Å². The fraction of sp³-hybridized carbons (Fsp3) is 0.118. The quantitative estimate of drug-likeness (QED) is 0.792. The van der Waals surface area contributed by atoms with Crippen molar-refractivity contribution >= 4 is 22.4 Å². The van der Waals surface area contributed by atoms with E-state index in [1.807, 2.05) is 54.6 Å². The molecule has 0 fully saturated rings. The van der Waals surface area contributed by atoms with Gasteiger partial charge in [0.05, 0.1) is 0 Å². The Balaban J connectivity index is 1.73. The second kappa shape index (κ2) is 6.49. The van der Waals surface area contributed by atoms with Crippen molar-refractivity contribution in [3.05, 3.63) is 65.7 Å². The molecule has 4 nitrogen and oxygen atoms in total. The van der Waals surface area contributed by atoms with Crippen LogP contribution in [0.15, 0.2) is 54.6 Å². The first-order chi connectivity index (χ1) is 10.8. The van der Waals surface area contributed by atoms with Gasteiger partial charge in [-0.3, -0.25) is 10.1 Å².